The first-order valence-corrected chi connectivity index (χ1v) is 13.7. The summed E-state index contributed by atoms with van der Waals surface area (Å²) in [5.41, 5.74) is 1.93. The van der Waals surface area contributed by atoms with Gasteiger partial charge in [-0.1, -0.05) is 62.9 Å². The smallest absolute Gasteiger partial charge is 0.247 e. The van der Waals surface area contributed by atoms with Gasteiger partial charge in [-0.15, -0.1) is 0 Å². The Hall–Kier alpha value is -2.37. The average molecular weight is 499 g/mol. The van der Waals surface area contributed by atoms with E-state index in [4.69, 9.17) is 4.74 Å². The summed E-state index contributed by atoms with van der Waals surface area (Å²) < 4.78 is 35.0. The SMILES string of the molecule is CC(C)CC#Cc1ccc2c(c1)O[C@@H](CN(C)Cc1ccccc1)[C@H](C)CN([C@H](C)CO)S2(=O)=O. The molecule has 6 nitrogen and oxygen atoms in total. The number of aliphatic hydroxyl groups is 1. The van der Waals surface area contributed by atoms with Gasteiger partial charge in [0.05, 0.1) is 6.61 Å². The van der Waals surface area contributed by atoms with Gasteiger partial charge in [0, 0.05) is 43.6 Å². The van der Waals surface area contributed by atoms with Crippen LogP contribution in [-0.2, 0) is 16.6 Å². The molecule has 1 N–H and O–H groups in total. The van der Waals surface area contributed by atoms with Crippen LogP contribution in [0.25, 0.3) is 0 Å². The topological polar surface area (TPSA) is 70.1 Å². The lowest BCUT2D eigenvalue weighted by Gasteiger charge is -2.37. The molecule has 1 aliphatic rings. The number of ether oxygens (including phenoxy) is 1. The van der Waals surface area contributed by atoms with Crippen molar-refractivity contribution in [3.8, 4) is 17.6 Å². The number of aliphatic hydroxyl groups excluding tert-OH is 1. The minimum atomic E-state index is -3.85. The summed E-state index contributed by atoms with van der Waals surface area (Å²) in [7, 11) is -1.81. The molecule has 7 heteroatoms. The normalized spacial score (nSPS) is 20.8. The fourth-order valence-corrected chi connectivity index (χ4v) is 5.97. The lowest BCUT2D eigenvalue weighted by Crippen LogP contribution is -2.49. The van der Waals surface area contributed by atoms with Crippen molar-refractivity contribution in [1.29, 1.82) is 0 Å². The van der Waals surface area contributed by atoms with Crippen LogP contribution >= 0.6 is 0 Å². The third-order valence-corrected chi connectivity index (χ3v) is 8.22. The van der Waals surface area contributed by atoms with E-state index in [2.05, 4.69) is 42.7 Å². The van der Waals surface area contributed by atoms with E-state index < -0.39 is 16.1 Å². The van der Waals surface area contributed by atoms with Crippen LogP contribution in [0, 0.1) is 23.7 Å². The third-order valence-electron chi connectivity index (χ3n) is 6.20. The monoisotopic (exact) mass is 498 g/mol. The number of hydrogen-bond acceptors (Lipinski definition) is 5. The molecule has 1 heterocycles. The first-order valence-electron chi connectivity index (χ1n) is 12.3. The molecular weight excluding hydrogens is 460 g/mol. The Labute approximate surface area is 211 Å². The predicted octanol–water partition coefficient (Wildman–Crippen LogP) is 3.98. The highest BCUT2D eigenvalue weighted by Gasteiger charge is 2.38. The van der Waals surface area contributed by atoms with Gasteiger partial charge >= 0.3 is 0 Å². The van der Waals surface area contributed by atoms with Gasteiger partial charge in [-0.2, -0.15) is 4.31 Å². The summed E-state index contributed by atoms with van der Waals surface area (Å²) in [4.78, 5) is 2.31. The first kappa shape index (κ1) is 27.2. The van der Waals surface area contributed by atoms with Crippen LogP contribution in [-0.4, -0.2) is 61.6 Å². The lowest BCUT2D eigenvalue weighted by atomic mass is 10.0. The number of hydrogen-bond donors (Lipinski definition) is 1. The number of nitrogens with zero attached hydrogens (tertiary/aromatic N) is 2. The maximum atomic E-state index is 13.6. The van der Waals surface area contributed by atoms with Gasteiger partial charge in [0.1, 0.15) is 16.7 Å². The van der Waals surface area contributed by atoms with E-state index in [0.29, 0.717) is 18.2 Å². The number of benzene rings is 2. The molecule has 35 heavy (non-hydrogen) atoms. The second kappa shape index (κ2) is 12.0. The van der Waals surface area contributed by atoms with Gasteiger partial charge in [-0.05, 0) is 43.7 Å². The van der Waals surface area contributed by atoms with Crippen molar-refractivity contribution in [2.45, 2.75) is 57.7 Å². The lowest BCUT2D eigenvalue weighted by molar-refractivity contribution is 0.0733. The molecule has 2 aromatic carbocycles. The molecule has 0 amide bonds. The van der Waals surface area contributed by atoms with E-state index >= 15 is 0 Å². The first-order chi connectivity index (χ1) is 16.6. The van der Waals surface area contributed by atoms with Crippen LogP contribution in [0.5, 0.6) is 5.75 Å². The van der Waals surface area contributed by atoms with Crippen molar-refractivity contribution in [2.75, 3.05) is 26.7 Å². The van der Waals surface area contributed by atoms with E-state index in [9.17, 15) is 13.5 Å². The summed E-state index contributed by atoms with van der Waals surface area (Å²) in [5, 5.41) is 9.81. The van der Waals surface area contributed by atoms with E-state index in [1.54, 1.807) is 25.1 Å². The van der Waals surface area contributed by atoms with Gasteiger partial charge in [-0.3, -0.25) is 4.90 Å². The standard InChI is InChI=1S/C28H38N2O4S/c1-21(2)10-9-13-24-14-15-28-26(16-24)34-27(19-29(5)18-25-11-7-6-8-12-25)22(3)17-30(23(4)20-31)35(28,32)33/h6-8,11-12,14-16,21-23,27,31H,10,17-20H2,1-5H3/t22-,23-,27+/m1/s1. The highest BCUT2D eigenvalue weighted by atomic mass is 32.2. The molecule has 0 saturated heterocycles. The average Bonchev–Trinajstić information content (AvgIpc) is 2.81. The molecule has 1 aliphatic heterocycles. The Morgan fingerprint density at radius 1 is 1.17 bits per heavy atom. The molecule has 190 valence electrons. The quantitative estimate of drug-likeness (QED) is 0.585. The number of likely N-dealkylation sites (N-methyl/N-ethyl adjacent to an activating group) is 1. The molecule has 0 spiro atoms. The molecule has 0 fully saturated rings. The molecule has 0 bridgehead atoms. The maximum Gasteiger partial charge on any atom is 0.247 e. The zero-order chi connectivity index (χ0) is 25.6. The van der Waals surface area contributed by atoms with Crippen molar-refractivity contribution < 1.29 is 18.3 Å². The van der Waals surface area contributed by atoms with Crippen molar-refractivity contribution in [2.24, 2.45) is 11.8 Å². The maximum absolute atomic E-state index is 13.6. The highest BCUT2D eigenvalue weighted by Crippen LogP contribution is 2.34. The minimum Gasteiger partial charge on any atom is -0.487 e. The van der Waals surface area contributed by atoms with Gasteiger partial charge in [0.15, 0.2) is 0 Å². The highest BCUT2D eigenvalue weighted by molar-refractivity contribution is 7.89. The minimum absolute atomic E-state index is 0.0965. The molecule has 2 aromatic rings. The Bertz CT molecular complexity index is 1140. The number of sulfonamides is 1. The predicted molar refractivity (Wildman–Crippen MR) is 140 cm³/mol. The summed E-state index contributed by atoms with van der Waals surface area (Å²) in [6.45, 7) is 9.36. The largest absolute Gasteiger partial charge is 0.487 e. The van der Waals surface area contributed by atoms with Crippen LogP contribution < -0.4 is 4.74 Å². The second-order valence-electron chi connectivity index (χ2n) is 9.98. The van der Waals surface area contributed by atoms with Crippen molar-refractivity contribution in [3.63, 3.8) is 0 Å². The number of fused-ring (bicyclic) bond motifs is 1. The zero-order valence-corrected chi connectivity index (χ0v) is 22.3. The Kier molecular flexibility index (Phi) is 9.37. The Balaban J connectivity index is 1.97. The van der Waals surface area contributed by atoms with Gasteiger partial charge in [-0.25, -0.2) is 8.42 Å². The summed E-state index contributed by atoms with van der Waals surface area (Å²) in [5.74, 6) is 7.00. The van der Waals surface area contributed by atoms with Crippen molar-refractivity contribution in [3.05, 3.63) is 59.7 Å². The van der Waals surface area contributed by atoms with E-state index in [0.717, 1.165) is 18.5 Å². The summed E-state index contributed by atoms with van der Waals surface area (Å²) in [6.07, 6.45) is 0.521. The Morgan fingerprint density at radius 3 is 2.54 bits per heavy atom. The molecule has 0 unspecified atom stereocenters. The van der Waals surface area contributed by atoms with E-state index in [-0.39, 0.29) is 30.1 Å². The molecule has 0 aromatic heterocycles. The van der Waals surface area contributed by atoms with Crippen molar-refractivity contribution >= 4 is 10.0 Å². The van der Waals surface area contributed by atoms with Crippen LogP contribution in [0.3, 0.4) is 0 Å². The third kappa shape index (κ3) is 7.08. The van der Waals surface area contributed by atoms with Crippen LogP contribution in [0.1, 0.15) is 45.2 Å². The Morgan fingerprint density at radius 2 is 1.89 bits per heavy atom. The molecule has 3 atom stereocenters. The second-order valence-corrected chi connectivity index (χ2v) is 11.8. The van der Waals surface area contributed by atoms with Crippen LogP contribution in [0.4, 0.5) is 0 Å². The molecule has 0 saturated carbocycles. The molecule has 3 rings (SSSR count). The van der Waals surface area contributed by atoms with Gasteiger partial charge in [0.25, 0.3) is 0 Å². The molecule has 0 radical (unpaired) electrons. The molecular formula is C28H38N2O4S. The molecule has 0 aliphatic carbocycles. The zero-order valence-electron chi connectivity index (χ0n) is 21.4. The van der Waals surface area contributed by atoms with Crippen LogP contribution in [0.2, 0.25) is 0 Å². The number of rotatable bonds is 7. The van der Waals surface area contributed by atoms with Gasteiger partial charge in [0.2, 0.25) is 10.0 Å². The fraction of sp³-hybridized carbons (Fsp3) is 0.500. The van der Waals surface area contributed by atoms with E-state index in [1.807, 2.05) is 32.2 Å². The van der Waals surface area contributed by atoms with Gasteiger partial charge < -0.3 is 9.84 Å². The van der Waals surface area contributed by atoms with E-state index in [1.165, 1.54) is 9.87 Å². The van der Waals surface area contributed by atoms with Crippen LogP contribution in [0.15, 0.2) is 53.4 Å². The summed E-state index contributed by atoms with van der Waals surface area (Å²) in [6, 6.07) is 14.7. The van der Waals surface area contributed by atoms with Crippen molar-refractivity contribution in [1.82, 2.24) is 9.21 Å². The summed E-state index contributed by atoms with van der Waals surface area (Å²) >= 11 is 0. The fourth-order valence-electron chi connectivity index (χ4n) is 4.15.